The third kappa shape index (κ3) is 5.35. The number of para-hydroxylation sites is 1. The summed E-state index contributed by atoms with van der Waals surface area (Å²) in [7, 11) is 0. The Morgan fingerprint density at radius 2 is 1.82 bits per heavy atom. The number of thioether (sulfide) groups is 1. The molecule has 0 spiro atoms. The normalized spacial score (nSPS) is 14.6. The first-order valence-corrected chi connectivity index (χ1v) is 11.6. The Morgan fingerprint density at radius 1 is 1.09 bits per heavy atom. The molecule has 10 heteroatoms. The van der Waals surface area contributed by atoms with Crippen LogP contribution in [0.5, 0.6) is 5.75 Å². The third-order valence-corrected chi connectivity index (χ3v) is 6.36. The summed E-state index contributed by atoms with van der Waals surface area (Å²) >= 11 is 4.19. The zero-order valence-corrected chi connectivity index (χ0v) is 19.8. The summed E-state index contributed by atoms with van der Waals surface area (Å²) in [6.45, 7) is -0.0204. The standard InChI is InChI=1S/C24H16BrFN2O5S/c25-18-7-10-21(33-14-16-3-1-2-4-20(16)28(31)32)17(11-18)12-22-23(29)27(24(30)34-22)13-15-5-8-19(26)9-6-15/h1-12H,13-14H2/b22-12-. The van der Waals surface area contributed by atoms with Crippen molar-refractivity contribution in [1.29, 1.82) is 0 Å². The second-order valence-electron chi connectivity index (χ2n) is 7.25. The van der Waals surface area contributed by atoms with Gasteiger partial charge in [-0.1, -0.05) is 40.2 Å². The van der Waals surface area contributed by atoms with Gasteiger partial charge in [-0.3, -0.25) is 24.6 Å². The first kappa shape index (κ1) is 23.7. The van der Waals surface area contributed by atoms with Gasteiger partial charge in [0.25, 0.3) is 16.8 Å². The molecule has 4 rings (SSSR count). The van der Waals surface area contributed by atoms with Gasteiger partial charge in [-0.05, 0) is 59.8 Å². The van der Waals surface area contributed by atoms with Gasteiger partial charge in [0.15, 0.2) is 0 Å². The van der Waals surface area contributed by atoms with Gasteiger partial charge in [-0.15, -0.1) is 0 Å². The molecule has 3 aromatic carbocycles. The molecule has 3 aromatic rings. The number of nitro benzene ring substituents is 1. The van der Waals surface area contributed by atoms with Crippen LogP contribution in [-0.4, -0.2) is 21.0 Å². The van der Waals surface area contributed by atoms with Gasteiger partial charge >= 0.3 is 0 Å². The Kier molecular flexibility index (Phi) is 7.09. The van der Waals surface area contributed by atoms with Crippen molar-refractivity contribution in [1.82, 2.24) is 4.90 Å². The van der Waals surface area contributed by atoms with E-state index in [-0.39, 0.29) is 23.7 Å². The fourth-order valence-corrected chi connectivity index (χ4v) is 4.49. The SMILES string of the molecule is O=C1S/C(=C\c2cc(Br)ccc2OCc2ccccc2[N+](=O)[O-])C(=O)N1Cc1ccc(F)cc1. The average Bonchev–Trinajstić information content (AvgIpc) is 3.07. The van der Waals surface area contributed by atoms with Gasteiger partial charge in [-0.2, -0.15) is 0 Å². The van der Waals surface area contributed by atoms with E-state index in [4.69, 9.17) is 4.74 Å². The van der Waals surface area contributed by atoms with Gasteiger partial charge in [0, 0.05) is 16.1 Å². The molecule has 1 aliphatic heterocycles. The Labute approximate surface area is 206 Å². The van der Waals surface area contributed by atoms with Crippen molar-refractivity contribution >= 4 is 50.6 Å². The molecule has 0 bridgehead atoms. The molecule has 0 N–H and O–H groups in total. The van der Waals surface area contributed by atoms with E-state index in [0.717, 1.165) is 21.1 Å². The largest absolute Gasteiger partial charge is 0.488 e. The number of amides is 2. The Hall–Kier alpha value is -3.50. The number of rotatable bonds is 7. The number of hydrogen-bond acceptors (Lipinski definition) is 6. The number of carbonyl (C=O) groups is 2. The predicted octanol–water partition coefficient (Wildman–Crippen LogP) is 6.31. The van der Waals surface area contributed by atoms with E-state index >= 15 is 0 Å². The summed E-state index contributed by atoms with van der Waals surface area (Å²) in [6.07, 6.45) is 1.55. The van der Waals surface area contributed by atoms with Crippen molar-refractivity contribution in [3.63, 3.8) is 0 Å². The molecular formula is C24H16BrFN2O5S. The van der Waals surface area contributed by atoms with Gasteiger partial charge in [-0.25, -0.2) is 4.39 Å². The van der Waals surface area contributed by atoms with Crippen molar-refractivity contribution in [2.24, 2.45) is 0 Å². The molecule has 1 fully saturated rings. The van der Waals surface area contributed by atoms with Crippen molar-refractivity contribution in [3.05, 3.63) is 109 Å². The minimum absolute atomic E-state index is 0.0296. The first-order chi connectivity index (χ1) is 16.3. The predicted molar refractivity (Wildman–Crippen MR) is 129 cm³/mol. The number of imide groups is 1. The minimum atomic E-state index is -0.474. The monoisotopic (exact) mass is 542 g/mol. The molecule has 7 nitrogen and oxygen atoms in total. The number of ether oxygens (including phenoxy) is 1. The molecule has 172 valence electrons. The highest BCUT2D eigenvalue weighted by Crippen LogP contribution is 2.36. The highest BCUT2D eigenvalue weighted by atomic mass is 79.9. The van der Waals surface area contributed by atoms with Crippen LogP contribution in [0.15, 0.2) is 76.1 Å². The maximum Gasteiger partial charge on any atom is 0.293 e. The van der Waals surface area contributed by atoms with Crippen LogP contribution in [0.4, 0.5) is 14.9 Å². The second-order valence-corrected chi connectivity index (χ2v) is 9.16. The van der Waals surface area contributed by atoms with Crippen LogP contribution in [0, 0.1) is 15.9 Å². The maximum absolute atomic E-state index is 13.2. The zero-order valence-electron chi connectivity index (χ0n) is 17.4. The number of hydrogen-bond donors (Lipinski definition) is 0. The molecule has 0 aromatic heterocycles. The number of nitro groups is 1. The molecule has 1 saturated heterocycles. The Morgan fingerprint density at radius 3 is 2.56 bits per heavy atom. The fourth-order valence-electron chi connectivity index (χ4n) is 3.28. The van der Waals surface area contributed by atoms with Crippen LogP contribution < -0.4 is 4.74 Å². The second kappa shape index (κ2) is 10.2. The van der Waals surface area contributed by atoms with E-state index in [1.807, 2.05) is 0 Å². The van der Waals surface area contributed by atoms with Crippen LogP contribution in [-0.2, 0) is 17.9 Å². The Balaban J connectivity index is 1.56. The lowest BCUT2D eigenvalue weighted by molar-refractivity contribution is -0.385. The number of carbonyl (C=O) groups excluding carboxylic acids is 2. The fraction of sp³-hybridized carbons (Fsp3) is 0.0833. The molecule has 0 saturated carbocycles. The summed E-state index contributed by atoms with van der Waals surface area (Å²) in [5, 5.41) is 10.8. The van der Waals surface area contributed by atoms with Gasteiger partial charge in [0.2, 0.25) is 0 Å². The number of halogens is 2. The average molecular weight is 543 g/mol. The van der Waals surface area contributed by atoms with E-state index < -0.39 is 21.9 Å². The van der Waals surface area contributed by atoms with E-state index in [2.05, 4.69) is 15.9 Å². The molecule has 0 atom stereocenters. The van der Waals surface area contributed by atoms with Crippen LogP contribution in [0.2, 0.25) is 0 Å². The van der Waals surface area contributed by atoms with Gasteiger partial charge < -0.3 is 4.74 Å². The first-order valence-electron chi connectivity index (χ1n) is 9.96. The summed E-state index contributed by atoms with van der Waals surface area (Å²) in [6, 6.07) is 17.0. The number of benzene rings is 3. The van der Waals surface area contributed by atoms with Crippen LogP contribution in [0.1, 0.15) is 16.7 Å². The van der Waals surface area contributed by atoms with Gasteiger partial charge in [0.05, 0.1) is 21.9 Å². The third-order valence-electron chi connectivity index (χ3n) is 4.96. The highest BCUT2D eigenvalue weighted by molar-refractivity contribution is 9.10. The molecule has 1 heterocycles. The molecule has 0 radical (unpaired) electrons. The summed E-state index contributed by atoms with van der Waals surface area (Å²) < 4.78 is 19.7. The van der Waals surface area contributed by atoms with Crippen molar-refractivity contribution in [3.8, 4) is 5.75 Å². The van der Waals surface area contributed by atoms with E-state index in [1.165, 1.54) is 30.3 Å². The molecule has 34 heavy (non-hydrogen) atoms. The smallest absolute Gasteiger partial charge is 0.293 e. The molecular weight excluding hydrogens is 527 g/mol. The summed E-state index contributed by atoms with van der Waals surface area (Å²) in [5.41, 5.74) is 1.50. The quantitative estimate of drug-likeness (QED) is 0.197. The highest BCUT2D eigenvalue weighted by Gasteiger charge is 2.35. The number of nitrogens with zero attached hydrogens (tertiary/aromatic N) is 2. The van der Waals surface area contributed by atoms with Crippen LogP contribution in [0.25, 0.3) is 6.08 Å². The van der Waals surface area contributed by atoms with E-state index in [0.29, 0.717) is 22.4 Å². The zero-order chi connectivity index (χ0) is 24.2. The Bertz CT molecular complexity index is 1310. The maximum atomic E-state index is 13.2. The van der Waals surface area contributed by atoms with E-state index in [1.54, 1.807) is 42.5 Å². The molecule has 0 unspecified atom stereocenters. The topological polar surface area (TPSA) is 89.7 Å². The van der Waals surface area contributed by atoms with E-state index in [9.17, 15) is 24.1 Å². The van der Waals surface area contributed by atoms with Crippen molar-refractivity contribution in [2.45, 2.75) is 13.2 Å². The van der Waals surface area contributed by atoms with Crippen LogP contribution in [0.3, 0.4) is 0 Å². The molecule has 2 amide bonds. The summed E-state index contributed by atoms with van der Waals surface area (Å²) in [5.74, 6) is -0.476. The molecule has 0 aliphatic carbocycles. The summed E-state index contributed by atoms with van der Waals surface area (Å²) in [4.78, 5) is 37.5. The van der Waals surface area contributed by atoms with Gasteiger partial charge in [0.1, 0.15) is 18.2 Å². The minimum Gasteiger partial charge on any atom is -0.488 e. The lowest BCUT2D eigenvalue weighted by Crippen LogP contribution is -2.27. The van der Waals surface area contributed by atoms with Crippen molar-refractivity contribution < 1.29 is 23.6 Å². The lowest BCUT2D eigenvalue weighted by atomic mass is 10.1. The molecule has 1 aliphatic rings. The van der Waals surface area contributed by atoms with Crippen LogP contribution >= 0.6 is 27.7 Å². The van der Waals surface area contributed by atoms with Crippen molar-refractivity contribution in [2.75, 3.05) is 0 Å². The lowest BCUT2D eigenvalue weighted by Gasteiger charge is -2.12.